The van der Waals surface area contributed by atoms with Gasteiger partial charge in [-0.25, -0.2) is 4.79 Å². The summed E-state index contributed by atoms with van der Waals surface area (Å²) in [7, 11) is 0. The molecule has 0 heterocycles. The van der Waals surface area contributed by atoms with Gasteiger partial charge in [-0.05, 0) is 55.8 Å². The molecule has 0 fully saturated rings. The number of carbonyl (C=O) groups is 3. The highest BCUT2D eigenvalue weighted by Gasteiger charge is 2.19. The van der Waals surface area contributed by atoms with E-state index in [1.165, 1.54) is 13.8 Å². The number of rotatable bonds is 8. The number of nitrogens with one attached hydrogen (secondary N) is 1. The fourth-order valence-corrected chi connectivity index (χ4v) is 2.77. The summed E-state index contributed by atoms with van der Waals surface area (Å²) >= 11 is 0. The van der Waals surface area contributed by atoms with Crippen LogP contribution in [0.2, 0.25) is 0 Å². The number of carbonyl (C=O) groups excluding carboxylic acids is 3. The Morgan fingerprint density at radius 1 is 0.871 bits per heavy atom. The monoisotopic (exact) mass is 417 g/mol. The second-order valence-electron chi connectivity index (χ2n) is 6.97. The zero-order valence-electron chi connectivity index (χ0n) is 17.3. The molecule has 1 atom stereocenters. The Morgan fingerprint density at radius 2 is 1.58 bits per heavy atom. The zero-order valence-corrected chi connectivity index (χ0v) is 17.3. The van der Waals surface area contributed by atoms with E-state index in [0.717, 1.165) is 5.56 Å². The van der Waals surface area contributed by atoms with Crippen LogP contribution in [0.4, 0.5) is 5.69 Å². The number of ketones is 1. The third-order valence-electron chi connectivity index (χ3n) is 4.53. The van der Waals surface area contributed by atoms with Gasteiger partial charge in [-0.1, -0.05) is 42.5 Å². The van der Waals surface area contributed by atoms with Gasteiger partial charge in [0.15, 0.2) is 11.9 Å². The highest BCUT2D eigenvalue weighted by molar-refractivity contribution is 5.99. The summed E-state index contributed by atoms with van der Waals surface area (Å²) in [6.07, 6.45) is -1.01. The van der Waals surface area contributed by atoms with Gasteiger partial charge in [-0.3, -0.25) is 9.59 Å². The Morgan fingerprint density at radius 3 is 2.26 bits per heavy atom. The van der Waals surface area contributed by atoms with Gasteiger partial charge >= 0.3 is 5.97 Å². The van der Waals surface area contributed by atoms with Crippen LogP contribution in [0.5, 0.6) is 5.75 Å². The van der Waals surface area contributed by atoms with Crippen LogP contribution >= 0.6 is 0 Å². The zero-order chi connectivity index (χ0) is 22.2. The van der Waals surface area contributed by atoms with Crippen LogP contribution in [0.3, 0.4) is 0 Å². The van der Waals surface area contributed by atoms with Crippen LogP contribution in [0, 0.1) is 0 Å². The molecule has 0 aromatic heterocycles. The molecule has 0 radical (unpaired) electrons. The Labute approximate surface area is 180 Å². The van der Waals surface area contributed by atoms with Gasteiger partial charge in [0.25, 0.3) is 5.91 Å². The summed E-state index contributed by atoms with van der Waals surface area (Å²) in [5, 5.41) is 2.65. The lowest BCUT2D eigenvalue weighted by Crippen LogP contribution is -2.30. The van der Waals surface area contributed by atoms with Gasteiger partial charge < -0.3 is 14.8 Å². The van der Waals surface area contributed by atoms with Gasteiger partial charge in [-0.15, -0.1) is 0 Å². The van der Waals surface area contributed by atoms with E-state index in [1.807, 2.05) is 30.3 Å². The number of hydrogen-bond donors (Lipinski definition) is 1. The smallest absolute Gasteiger partial charge is 0.338 e. The molecule has 31 heavy (non-hydrogen) atoms. The molecule has 0 bridgehead atoms. The lowest BCUT2D eigenvalue weighted by molar-refractivity contribution is -0.123. The van der Waals surface area contributed by atoms with Gasteiger partial charge in [0, 0.05) is 11.3 Å². The van der Waals surface area contributed by atoms with Crippen molar-refractivity contribution in [2.75, 3.05) is 5.32 Å². The van der Waals surface area contributed by atoms with E-state index in [9.17, 15) is 14.4 Å². The standard InChI is InChI=1S/C25H23NO5/c1-17(27)21-9-6-10-22(15-21)26-24(28)18(2)31-25(29)20-11-13-23(14-12-20)30-16-19-7-4-3-5-8-19/h3-15,18H,16H2,1-2H3,(H,26,28). The second kappa shape index (κ2) is 10.2. The third-order valence-corrected chi connectivity index (χ3v) is 4.53. The largest absolute Gasteiger partial charge is 0.489 e. The predicted octanol–water partition coefficient (Wildman–Crippen LogP) is 4.65. The Hall–Kier alpha value is -3.93. The van der Waals surface area contributed by atoms with Crippen molar-refractivity contribution in [1.82, 2.24) is 0 Å². The van der Waals surface area contributed by atoms with E-state index < -0.39 is 18.0 Å². The molecule has 3 rings (SSSR count). The minimum Gasteiger partial charge on any atom is -0.489 e. The highest BCUT2D eigenvalue weighted by atomic mass is 16.5. The molecular weight excluding hydrogens is 394 g/mol. The topological polar surface area (TPSA) is 81.7 Å². The number of ether oxygens (including phenoxy) is 2. The van der Waals surface area contributed by atoms with E-state index in [2.05, 4.69) is 5.32 Å². The molecule has 6 heteroatoms. The Bertz CT molecular complexity index is 1060. The van der Waals surface area contributed by atoms with Crippen molar-refractivity contribution in [3.8, 4) is 5.75 Å². The summed E-state index contributed by atoms with van der Waals surface area (Å²) in [6, 6.07) is 22.8. The van der Waals surface area contributed by atoms with Gasteiger partial charge in [0.05, 0.1) is 5.56 Å². The van der Waals surface area contributed by atoms with Gasteiger partial charge in [0.2, 0.25) is 0 Å². The first-order valence-corrected chi connectivity index (χ1v) is 9.82. The van der Waals surface area contributed by atoms with Crippen LogP contribution in [-0.4, -0.2) is 23.8 Å². The maximum Gasteiger partial charge on any atom is 0.338 e. The first kappa shape index (κ1) is 21.8. The highest BCUT2D eigenvalue weighted by Crippen LogP contribution is 2.16. The molecule has 158 valence electrons. The van der Waals surface area contributed by atoms with Crippen LogP contribution in [-0.2, 0) is 16.1 Å². The minimum atomic E-state index is -1.01. The molecule has 3 aromatic rings. The Balaban J connectivity index is 1.53. The van der Waals surface area contributed by atoms with Crippen molar-refractivity contribution in [2.45, 2.75) is 26.6 Å². The average molecular weight is 417 g/mol. The summed E-state index contributed by atoms with van der Waals surface area (Å²) in [6.45, 7) is 3.36. The first-order valence-electron chi connectivity index (χ1n) is 9.82. The minimum absolute atomic E-state index is 0.105. The van der Waals surface area contributed by atoms with Crippen molar-refractivity contribution in [3.05, 3.63) is 95.6 Å². The van der Waals surface area contributed by atoms with Gasteiger partial charge in [-0.2, -0.15) is 0 Å². The van der Waals surface area contributed by atoms with Crippen molar-refractivity contribution < 1.29 is 23.9 Å². The molecule has 0 saturated carbocycles. The molecule has 6 nitrogen and oxygen atoms in total. The summed E-state index contributed by atoms with van der Waals surface area (Å²) in [5.41, 5.74) is 2.29. The van der Waals surface area contributed by atoms with Crippen LogP contribution in [0.1, 0.15) is 40.1 Å². The van der Waals surface area contributed by atoms with E-state index in [4.69, 9.17) is 9.47 Å². The number of amides is 1. The molecule has 1 amide bonds. The van der Waals surface area contributed by atoms with Crippen LogP contribution in [0.25, 0.3) is 0 Å². The van der Waals surface area contributed by atoms with Crippen molar-refractivity contribution in [2.24, 2.45) is 0 Å². The molecule has 1 N–H and O–H groups in total. The van der Waals surface area contributed by atoms with Crippen molar-refractivity contribution in [3.63, 3.8) is 0 Å². The van der Waals surface area contributed by atoms with E-state index >= 15 is 0 Å². The molecule has 0 aliphatic heterocycles. The fourth-order valence-electron chi connectivity index (χ4n) is 2.77. The van der Waals surface area contributed by atoms with Crippen LogP contribution < -0.4 is 10.1 Å². The number of esters is 1. The second-order valence-corrected chi connectivity index (χ2v) is 6.97. The van der Waals surface area contributed by atoms with Crippen molar-refractivity contribution >= 4 is 23.3 Å². The summed E-state index contributed by atoms with van der Waals surface area (Å²) in [5.74, 6) is -0.588. The van der Waals surface area contributed by atoms with Crippen LogP contribution in [0.15, 0.2) is 78.9 Å². The molecule has 0 aliphatic carbocycles. The maximum absolute atomic E-state index is 12.4. The Kier molecular flexibility index (Phi) is 7.17. The van der Waals surface area contributed by atoms with E-state index in [-0.39, 0.29) is 5.78 Å². The first-order chi connectivity index (χ1) is 14.9. The lowest BCUT2D eigenvalue weighted by Gasteiger charge is -2.14. The van der Waals surface area contributed by atoms with Crippen molar-refractivity contribution in [1.29, 1.82) is 0 Å². The van der Waals surface area contributed by atoms with Gasteiger partial charge in [0.1, 0.15) is 12.4 Å². The van der Waals surface area contributed by atoms with E-state index in [1.54, 1.807) is 48.5 Å². The maximum atomic E-state index is 12.4. The predicted molar refractivity (Wildman–Crippen MR) is 117 cm³/mol. The molecule has 0 spiro atoms. The molecule has 3 aromatic carbocycles. The number of anilines is 1. The van der Waals surface area contributed by atoms with E-state index in [0.29, 0.717) is 29.2 Å². The molecule has 1 unspecified atom stereocenters. The fraction of sp³-hybridized carbons (Fsp3) is 0.160. The summed E-state index contributed by atoms with van der Waals surface area (Å²) in [4.78, 5) is 36.2. The lowest BCUT2D eigenvalue weighted by atomic mass is 10.1. The SMILES string of the molecule is CC(=O)c1cccc(NC(=O)C(C)OC(=O)c2ccc(OCc3ccccc3)cc2)c1. The quantitative estimate of drug-likeness (QED) is 0.426. The molecular formula is C25H23NO5. The molecule has 0 saturated heterocycles. The number of hydrogen-bond acceptors (Lipinski definition) is 5. The molecule has 0 aliphatic rings. The average Bonchev–Trinajstić information content (AvgIpc) is 2.78. The normalized spacial score (nSPS) is 11.3. The number of Topliss-reactive ketones (excluding diaryl/α,β-unsaturated/α-hetero) is 1. The number of benzene rings is 3. The third kappa shape index (κ3) is 6.27. The summed E-state index contributed by atoms with van der Waals surface area (Å²) < 4.78 is 11.0.